The molecular weight excluding hydrogens is 327 g/mol. The highest BCUT2D eigenvalue weighted by molar-refractivity contribution is 8.93. The van der Waals surface area contributed by atoms with Crippen LogP contribution in [0.5, 0.6) is 0 Å². The van der Waals surface area contributed by atoms with Gasteiger partial charge in [0.05, 0.1) is 0 Å². The molecule has 0 aliphatic rings. The molecule has 0 unspecified atom stereocenters. The molecule has 0 saturated heterocycles. The highest BCUT2D eigenvalue weighted by atomic mass is 79.9. The normalized spacial score (nSPS) is 11.4. The maximum absolute atomic E-state index is 2.37. The molecule has 0 aromatic heterocycles. The Morgan fingerprint density at radius 3 is 1.15 bits per heavy atom. The maximum Gasteiger partial charge on any atom is -0.0359 e. The minimum Gasteiger partial charge on any atom is -0.125 e. The van der Waals surface area contributed by atoms with Gasteiger partial charge in [0.2, 0.25) is 0 Å². The Balaban J connectivity index is 0. The summed E-state index contributed by atoms with van der Waals surface area (Å²) in [5, 5.41) is 0. The number of halogens is 1. The predicted molar refractivity (Wildman–Crippen MR) is 106 cm³/mol. The van der Waals surface area contributed by atoms with E-state index in [4.69, 9.17) is 0 Å². The van der Waals surface area contributed by atoms with Crippen molar-refractivity contribution in [3.63, 3.8) is 0 Å². The van der Waals surface area contributed by atoms with E-state index in [0.29, 0.717) is 0 Å². The van der Waals surface area contributed by atoms with Crippen LogP contribution in [0.3, 0.4) is 0 Å². The number of hydrogen-bond acceptors (Lipinski definition) is 0. The Bertz CT molecular complexity index is 160. The van der Waals surface area contributed by atoms with Crippen molar-refractivity contribution in [1.29, 1.82) is 0 Å². The van der Waals surface area contributed by atoms with Crippen molar-refractivity contribution in [3.8, 4) is 0 Å². The second-order valence-electron chi connectivity index (χ2n) is 6.36. The second-order valence-corrected chi connectivity index (χ2v) is 10.8. The molecule has 0 bridgehead atoms. The fourth-order valence-corrected chi connectivity index (χ4v) is 8.22. The molecule has 2 heteroatoms. The van der Waals surface area contributed by atoms with Gasteiger partial charge in [-0.3, -0.25) is 0 Å². The lowest BCUT2D eigenvalue weighted by atomic mass is 10.2. The number of unbranched alkanes of at least 4 members (excludes halogenated alkanes) is 6. The van der Waals surface area contributed by atoms with E-state index in [1.165, 1.54) is 64.2 Å². The molecule has 0 spiro atoms. The Hall–Kier alpha value is 0.910. The highest BCUT2D eigenvalue weighted by Gasteiger charge is 2.24. The van der Waals surface area contributed by atoms with Gasteiger partial charge in [-0.25, -0.2) is 0 Å². The van der Waals surface area contributed by atoms with E-state index in [0.717, 1.165) is 0 Å². The fourth-order valence-electron chi connectivity index (χ4n) is 3.03. The Morgan fingerprint density at radius 2 is 0.800 bits per heavy atom. The van der Waals surface area contributed by atoms with Crippen LogP contribution in [0.15, 0.2) is 0 Å². The fraction of sp³-hybridized carbons (Fsp3) is 1.00. The molecule has 1 radical (unpaired) electrons. The molecule has 0 nitrogen and oxygen atoms in total. The molecule has 0 aromatic rings. The molecule has 20 heavy (non-hydrogen) atoms. The summed E-state index contributed by atoms with van der Waals surface area (Å²) in [5.74, 6) is 0. The lowest BCUT2D eigenvalue weighted by Gasteiger charge is -2.37. The van der Waals surface area contributed by atoms with Gasteiger partial charge in [-0.15, -0.1) is 24.2 Å². The first kappa shape index (κ1) is 23.2. The van der Waals surface area contributed by atoms with Gasteiger partial charge < -0.3 is 0 Å². The van der Waals surface area contributed by atoms with Crippen molar-refractivity contribution in [2.75, 3.05) is 24.6 Å². The number of rotatable bonds is 14. The van der Waals surface area contributed by atoms with Crippen molar-refractivity contribution in [2.45, 2.75) is 91.9 Å². The average molecular weight is 368 g/mol. The molecule has 0 saturated carbocycles. The van der Waals surface area contributed by atoms with Crippen LogP contribution in [0.1, 0.15) is 91.9 Å². The smallest absolute Gasteiger partial charge is 0.0359 e. The maximum atomic E-state index is 2.37. The monoisotopic (exact) mass is 367 g/mol. The standard InChI is InChI=1S/C18H40P.BrH/c1-5-9-13-14-18-19(15-10-6-2,16-11-7-3)17-12-8-4;/h5-18H2,1-4H3;1H. The first-order valence-electron chi connectivity index (χ1n) is 9.09. The summed E-state index contributed by atoms with van der Waals surface area (Å²) in [6.07, 6.45) is 21.0. The highest BCUT2D eigenvalue weighted by Crippen LogP contribution is 2.61. The van der Waals surface area contributed by atoms with Crippen LogP contribution in [-0.4, -0.2) is 24.6 Å². The molecule has 0 aromatic carbocycles. The SMILES string of the molecule is Br.CCCCCC[P](CCCC)(CCCC)CCCC. The zero-order valence-electron chi connectivity index (χ0n) is 14.8. The van der Waals surface area contributed by atoms with E-state index in [2.05, 4.69) is 27.7 Å². The van der Waals surface area contributed by atoms with Gasteiger partial charge >= 0.3 is 0 Å². The molecule has 0 aliphatic carbocycles. The van der Waals surface area contributed by atoms with Crippen molar-refractivity contribution in [2.24, 2.45) is 0 Å². The first-order chi connectivity index (χ1) is 9.24. The topological polar surface area (TPSA) is 0 Å². The Labute approximate surface area is 141 Å². The Kier molecular flexibility index (Phi) is 18.9. The minimum atomic E-state index is -0.586. The lowest BCUT2D eigenvalue weighted by molar-refractivity contribution is 0.699. The van der Waals surface area contributed by atoms with Gasteiger partial charge in [-0.2, -0.15) is 0 Å². The molecule has 0 atom stereocenters. The van der Waals surface area contributed by atoms with Crippen LogP contribution < -0.4 is 0 Å². The van der Waals surface area contributed by atoms with E-state index < -0.39 is 7.26 Å². The third-order valence-corrected chi connectivity index (χ3v) is 9.50. The van der Waals surface area contributed by atoms with Crippen LogP contribution in [-0.2, 0) is 0 Å². The van der Waals surface area contributed by atoms with E-state index in [-0.39, 0.29) is 17.0 Å². The predicted octanol–water partition coefficient (Wildman–Crippen LogP) is 7.56. The van der Waals surface area contributed by atoms with E-state index in [1.807, 2.05) is 0 Å². The van der Waals surface area contributed by atoms with E-state index >= 15 is 0 Å². The quantitative estimate of drug-likeness (QED) is 0.219. The van der Waals surface area contributed by atoms with Gasteiger partial charge in [0, 0.05) is 0 Å². The summed E-state index contributed by atoms with van der Waals surface area (Å²) in [5.41, 5.74) is 0. The Morgan fingerprint density at radius 1 is 0.450 bits per heavy atom. The van der Waals surface area contributed by atoms with Crippen LogP contribution in [0.25, 0.3) is 0 Å². The van der Waals surface area contributed by atoms with Crippen molar-refractivity contribution in [3.05, 3.63) is 0 Å². The molecular formula is C18H41BrP. The zero-order valence-corrected chi connectivity index (χ0v) is 17.4. The van der Waals surface area contributed by atoms with Gasteiger partial charge in [0.25, 0.3) is 0 Å². The van der Waals surface area contributed by atoms with Gasteiger partial charge in [-0.1, -0.05) is 66.2 Å². The molecule has 0 rings (SSSR count). The third-order valence-electron chi connectivity index (χ3n) is 4.44. The summed E-state index contributed by atoms with van der Waals surface area (Å²) in [4.78, 5) is 0. The van der Waals surface area contributed by atoms with E-state index in [1.54, 1.807) is 24.6 Å². The molecule has 125 valence electrons. The van der Waals surface area contributed by atoms with Crippen molar-refractivity contribution < 1.29 is 0 Å². The summed E-state index contributed by atoms with van der Waals surface area (Å²) in [6.45, 7) is 9.43. The average Bonchev–Trinajstić information content (AvgIpc) is 2.44. The van der Waals surface area contributed by atoms with Gasteiger partial charge in [0.15, 0.2) is 0 Å². The summed E-state index contributed by atoms with van der Waals surface area (Å²) in [6, 6.07) is 0. The summed E-state index contributed by atoms with van der Waals surface area (Å²) < 4.78 is 0. The largest absolute Gasteiger partial charge is 0.125 e. The van der Waals surface area contributed by atoms with Gasteiger partial charge in [-0.05, 0) is 50.3 Å². The van der Waals surface area contributed by atoms with Crippen molar-refractivity contribution >= 4 is 24.2 Å². The summed E-state index contributed by atoms with van der Waals surface area (Å²) >= 11 is 0. The molecule has 0 N–H and O–H groups in total. The molecule has 0 aliphatic heterocycles. The van der Waals surface area contributed by atoms with Crippen LogP contribution in [0.2, 0.25) is 0 Å². The second kappa shape index (κ2) is 16.3. The first-order valence-corrected chi connectivity index (χ1v) is 11.6. The van der Waals surface area contributed by atoms with Crippen LogP contribution in [0, 0.1) is 0 Å². The zero-order chi connectivity index (χ0) is 14.4. The number of hydrogen-bond donors (Lipinski definition) is 0. The minimum absolute atomic E-state index is 0. The van der Waals surface area contributed by atoms with Crippen LogP contribution >= 0.6 is 24.2 Å². The molecule has 0 amide bonds. The molecule has 0 heterocycles. The molecule has 0 fully saturated rings. The van der Waals surface area contributed by atoms with Crippen molar-refractivity contribution in [1.82, 2.24) is 0 Å². The van der Waals surface area contributed by atoms with E-state index in [9.17, 15) is 0 Å². The lowest BCUT2D eigenvalue weighted by Crippen LogP contribution is -2.12. The van der Waals surface area contributed by atoms with Crippen LogP contribution in [0.4, 0.5) is 0 Å². The van der Waals surface area contributed by atoms with Gasteiger partial charge in [0.1, 0.15) is 0 Å². The third kappa shape index (κ3) is 11.6. The summed E-state index contributed by atoms with van der Waals surface area (Å²) in [7, 11) is -0.586.